The number of halogens is 2. The van der Waals surface area contributed by atoms with Crippen molar-refractivity contribution in [1.29, 1.82) is 0 Å². The van der Waals surface area contributed by atoms with Crippen LogP contribution in [0.2, 0.25) is 0 Å². The van der Waals surface area contributed by atoms with Crippen LogP contribution in [0.3, 0.4) is 0 Å². The summed E-state index contributed by atoms with van der Waals surface area (Å²) in [5, 5.41) is 0. The van der Waals surface area contributed by atoms with E-state index < -0.39 is 13.5 Å². The van der Waals surface area contributed by atoms with E-state index in [0.717, 1.165) is 5.46 Å². The molecule has 17 heavy (non-hydrogen) atoms. The Balaban J connectivity index is 2.04. The summed E-state index contributed by atoms with van der Waals surface area (Å²) in [5.41, 5.74) is 0.814. The van der Waals surface area contributed by atoms with Crippen LogP contribution >= 0.6 is 0 Å². The average Bonchev–Trinajstić information content (AvgIpc) is 2.29. The SMILES string of the molecule is CC1(C)COB(c2ccc(C(F)F)cc2)OC1. The first kappa shape index (κ1) is 12.5. The molecule has 0 aromatic heterocycles. The van der Waals surface area contributed by atoms with Crippen LogP contribution in [-0.4, -0.2) is 20.3 Å². The summed E-state index contributed by atoms with van der Waals surface area (Å²) in [6.45, 7) is 5.33. The van der Waals surface area contributed by atoms with Crippen LogP contribution in [0.15, 0.2) is 24.3 Å². The second kappa shape index (κ2) is 4.74. The van der Waals surface area contributed by atoms with Gasteiger partial charge in [0.25, 0.3) is 6.43 Å². The minimum atomic E-state index is -2.43. The molecule has 1 aliphatic heterocycles. The third-order valence-electron chi connectivity index (χ3n) is 2.71. The highest BCUT2D eigenvalue weighted by Crippen LogP contribution is 2.22. The van der Waals surface area contributed by atoms with Gasteiger partial charge in [-0.25, -0.2) is 8.78 Å². The molecule has 1 saturated heterocycles. The maximum absolute atomic E-state index is 12.4. The van der Waals surface area contributed by atoms with E-state index >= 15 is 0 Å². The van der Waals surface area contributed by atoms with Crippen LogP contribution in [0.25, 0.3) is 0 Å². The number of alkyl halides is 2. The molecule has 1 aromatic rings. The van der Waals surface area contributed by atoms with E-state index in [2.05, 4.69) is 13.8 Å². The van der Waals surface area contributed by atoms with Crippen molar-refractivity contribution in [3.8, 4) is 0 Å². The maximum Gasteiger partial charge on any atom is 0.493 e. The zero-order valence-electron chi connectivity index (χ0n) is 9.95. The molecule has 0 aliphatic carbocycles. The molecule has 92 valence electrons. The minimum Gasteiger partial charge on any atom is -0.407 e. The molecule has 0 spiro atoms. The molecular weight excluding hydrogens is 225 g/mol. The van der Waals surface area contributed by atoms with Crippen LogP contribution in [0.5, 0.6) is 0 Å². The van der Waals surface area contributed by atoms with Crippen molar-refractivity contribution in [2.24, 2.45) is 5.41 Å². The Morgan fingerprint density at radius 1 is 1.12 bits per heavy atom. The van der Waals surface area contributed by atoms with E-state index in [9.17, 15) is 8.78 Å². The molecular formula is C12H15BF2O2. The van der Waals surface area contributed by atoms with Gasteiger partial charge in [-0.2, -0.15) is 0 Å². The van der Waals surface area contributed by atoms with Crippen LogP contribution in [0, 0.1) is 5.41 Å². The lowest BCUT2D eigenvalue weighted by Crippen LogP contribution is -2.47. The molecule has 0 unspecified atom stereocenters. The molecule has 1 fully saturated rings. The second-order valence-corrected chi connectivity index (χ2v) is 5.09. The third-order valence-corrected chi connectivity index (χ3v) is 2.71. The van der Waals surface area contributed by atoms with Crippen molar-refractivity contribution >= 4 is 12.6 Å². The summed E-state index contributed by atoms with van der Waals surface area (Å²) in [6.07, 6.45) is -2.43. The number of benzene rings is 1. The quantitative estimate of drug-likeness (QED) is 0.739. The average molecular weight is 240 g/mol. The van der Waals surface area contributed by atoms with Gasteiger partial charge < -0.3 is 9.31 Å². The van der Waals surface area contributed by atoms with Crippen LogP contribution < -0.4 is 5.46 Å². The molecule has 2 nitrogen and oxygen atoms in total. The van der Waals surface area contributed by atoms with Crippen LogP contribution in [0.4, 0.5) is 8.78 Å². The molecule has 1 heterocycles. The summed E-state index contributed by atoms with van der Waals surface area (Å²) in [6, 6.07) is 6.08. The number of hydrogen-bond donors (Lipinski definition) is 0. The maximum atomic E-state index is 12.4. The van der Waals surface area contributed by atoms with Crippen molar-refractivity contribution in [2.45, 2.75) is 20.3 Å². The Labute approximate surface area is 100 Å². The molecule has 1 aliphatic rings. The predicted molar refractivity (Wildman–Crippen MR) is 62.5 cm³/mol. The predicted octanol–water partition coefficient (Wildman–Crippen LogP) is 2.39. The minimum absolute atomic E-state index is 0.0133. The highest BCUT2D eigenvalue weighted by atomic mass is 19.3. The molecule has 1 aromatic carbocycles. The highest BCUT2D eigenvalue weighted by molar-refractivity contribution is 6.61. The lowest BCUT2D eigenvalue weighted by molar-refractivity contribution is 0.0343. The highest BCUT2D eigenvalue weighted by Gasteiger charge is 2.33. The number of hydrogen-bond acceptors (Lipinski definition) is 2. The van der Waals surface area contributed by atoms with Crippen molar-refractivity contribution < 1.29 is 18.1 Å². The molecule has 0 amide bonds. The van der Waals surface area contributed by atoms with Crippen molar-refractivity contribution in [3.05, 3.63) is 29.8 Å². The largest absolute Gasteiger partial charge is 0.493 e. The second-order valence-electron chi connectivity index (χ2n) is 5.09. The van der Waals surface area contributed by atoms with Crippen LogP contribution in [0.1, 0.15) is 25.8 Å². The Kier molecular flexibility index (Phi) is 3.49. The van der Waals surface area contributed by atoms with Gasteiger partial charge in [0, 0.05) is 24.2 Å². The molecule has 0 N–H and O–H groups in total. The summed E-state index contributed by atoms with van der Waals surface area (Å²) in [7, 11) is -0.435. The molecule has 0 radical (unpaired) electrons. The molecule has 0 atom stereocenters. The summed E-state index contributed by atoms with van der Waals surface area (Å²) < 4.78 is 35.9. The zero-order valence-corrected chi connectivity index (χ0v) is 9.95. The fourth-order valence-corrected chi connectivity index (χ4v) is 1.68. The van der Waals surface area contributed by atoms with E-state index in [-0.39, 0.29) is 11.0 Å². The monoisotopic (exact) mass is 240 g/mol. The summed E-state index contributed by atoms with van der Waals surface area (Å²) in [5.74, 6) is 0. The van der Waals surface area contributed by atoms with Gasteiger partial charge in [-0.05, 0) is 5.46 Å². The lowest BCUT2D eigenvalue weighted by atomic mass is 9.76. The zero-order chi connectivity index (χ0) is 12.5. The fourth-order valence-electron chi connectivity index (χ4n) is 1.68. The van der Waals surface area contributed by atoms with E-state index in [4.69, 9.17) is 9.31 Å². The van der Waals surface area contributed by atoms with Gasteiger partial charge in [-0.3, -0.25) is 0 Å². The van der Waals surface area contributed by atoms with Gasteiger partial charge >= 0.3 is 7.12 Å². The first-order valence-corrected chi connectivity index (χ1v) is 5.59. The summed E-state index contributed by atoms with van der Waals surface area (Å²) >= 11 is 0. The molecule has 0 bridgehead atoms. The third kappa shape index (κ3) is 3.04. The Bertz CT molecular complexity index is 369. The molecule has 2 rings (SSSR count). The van der Waals surface area contributed by atoms with Crippen LogP contribution in [-0.2, 0) is 9.31 Å². The van der Waals surface area contributed by atoms with Crippen molar-refractivity contribution in [1.82, 2.24) is 0 Å². The van der Waals surface area contributed by atoms with Gasteiger partial charge in [-0.1, -0.05) is 38.1 Å². The summed E-state index contributed by atoms with van der Waals surface area (Å²) in [4.78, 5) is 0. The fraction of sp³-hybridized carbons (Fsp3) is 0.500. The standard InChI is InChI=1S/C12H15BF2O2/c1-12(2)7-16-13(17-8-12)10-5-3-9(4-6-10)11(14)15/h3-6,11H,7-8H2,1-2H3. The van der Waals surface area contributed by atoms with E-state index in [1.54, 1.807) is 12.1 Å². The lowest BCUT2D eigenvalue weighted by Gasteiger charge is -2.33. The topological polar surface area (TPSA) is 18.5 Å². The Morgan fingerprint density at radius 2 is 1.65 bits per heavy atom. The van der Waals surface area contributed by atoms with Gasteiger partial charge in [0.1, 0.15) is 0 Å². The first-order chi connectivity index (χ1) is 7.98. The molecule has 5 heteroatoms. The van der Waals surface area contributed by atoms with E-state index in [1.165, 1.54) is 12.1 Å². The van der Waals surface area contributed by atoms with E-state index in [1.807, 2.05) is 0 Å². The Morgan fingerprint density at radius 3 is 2.12 bits per heavy atom. The van der Waals surface area contributed by atoms with Crippen molar-refractivity contribution in [3.63, 3.8) is 0 Å². The van der Waals surface area contributed by atoms with Gasteiger partial charge in [0.05, 0.1) is 0 Å². The molecule has 0 saturated carbocycles. The van der Waals surface area contributed by atoms with Gasteiger partial charge in [-0.15, -0.1) is 0 Å². The number of rotatable bonds is 2. The van der Waals surface area contributed by atoms with Crippen molar-refractivity contribution in [2.75, 3.05) is 13.2 Å². The van der Waals surface area contributed by atoms with Gasteiger partial charge in [0.2, 0.25) is 0 Å². The normalized spacial score (nSPS) is 19.7. The van der Waals surface area contributed by atoms with Gasteiger partial charge in [0.15, 0.2) is 0 Å². The Hall–Kier alpha value is -0.935. The smallest absolute Gasteiger partial charge is 0.407 e. The first-order valence-electron chi connectivity index (χ1n) is 5.59. The van der Waals surface area contributed by atoms with E-state index in [0.29, 0.717) is 13.2 Å².